The first kappa shape index (κ1) is 27.4. The number of anilines is 2. The van der Waals surface area contributed by atoms with Gasteiger partial charge in [-0.3, -0.25) is 10.1 Å². The highest BCUT2D eigenvalue weighted by Crippen LogP contribution is 2.60. The summed E-state index contributed by atoms with van der Waals surface area (Å²) in [6.45, 7) is 10.2. The lowest BCUT2D eigenvalue weighted by atomic mass is 9.59. The predicted molar refractivity (Wildman–Crippen MR) is 148 cm³/mol. The fourth-order valence-electron chi connectivity index (χ4n) is 6.75. The Hall–Kier alpha value is -2.80. The average Bonchev–Trinajstić information content (AvgIpc) is 3.18. The molecule has 2 amide bonds. The fourth-order valence-corrected chi connectivity index (χ4v) is 7.67. The Morgan fingerprint density at radius 1 is 1.20 bits per heavy atom. The minimum atomic E-state index is -0.935. The molecule has 3 saturated heterocycles. The third kappa shape index (κ3) is 4.36. The van der Waals surface area contributed by atoms with Gasteiger partial charge in [-0.05, 0) is 56.7 Å². The number of rotatable bonds is 5. The van der Waals surface area contributed by atoms with Gasteiger partial charge in [0.2, 0.25) is 18.0 Å². The summed E-state index contributed by atoms with van der Waals surface area (Å²) in [5.41, 5.74) is 1.72. The molecule has 4 aliphatic heterocycles. The monoisotopic (exact) mass is 572 g/mol. The van der Waals surface area contributed by atoms with E-state index >= 15 is 0 Å². The van der Waals surface area contributed by atoms with Crippen molar-refractivity contribution >= 4 is 46.4 Å². The molecule has 6 atom stereocenters. The number of aromatic amines is 1. The van der Waals surface area contributed by atoms with Gasteiger partial charge in [0, 0.05) is 28.4 Å². The molecule has 0 radical (unpaired) electrons. The van der Waals surface area contributed by atoms with Crippen LogP contribution in [0.25, 0.3) is 11.0 Å². The van der Waals surface area contributed by atoms with E-state index in [9.17, 15) is 9.59 Å². The van der Waals surface area contributed by atoms with Crippen LogP contribution in [-0.4, -0.2) is 52.0 Å². The van der Waals surface area contributed by atoms with E-state index < -0.39 is 23.8 Å². The Kier molecular flexibility index (Phi) is 6.80. The number of carbonyl (C=O) groups excluding carboxylic acids is 2. The lowest BCUT2D eigenvalue weighted by Gasteiger charge is -2.57. The van der Waals surface area contributed by atoms with E-state index in [1.165, 1.54) is 7.11 Å². The number of amides is 2. The normalized spacial score (nSPS) is 32.9. The average molecular weight is 573 g/mol. The Labute approximate surface area is 237 Å². The molecule has 1 spiro atoms. The van der Waals surface area contributed by atoms with E-state index in [4.69, 9.17) is 24.0 Å². The third-order valence-corrected chi connectivity index (χ3v) is 9.72. The number of aromatic nitrogens is 2. The van der Waals surface area contributed by atoms with Crippen molar-refractivity contribution in [3.05, 3.63) is 23.5 Å². The van der Waals surface area contributed by atoms with Gasteiger partial charge in [-0.25, -0.2) is 19.6 Å². The first-order chi connectivity index (χ1) is 19.0. The largest absolute Gasteiger partial charge is 0.456 e. The number of H-pyrrole nitrogens is 1. The molecule has 5 heterocycles. The van der Waals surface area contributed by atoms with Crippen LogP contribution < -0.4 is 10.6 Å². The molecule has 4 fully saturated rings. The number of fused-ring (bicyclic) bond motifs is 3. The van der Waals surface area contributed by atoms with Crippen molar-refractivity contribution in [2.75, 3.05) is 17.7 Å². The molecule has 11 nitrogen and oxygen atoms in total. The molecule has 216 valence electrons. The van der Waals surface area contributed by atoms with E-state index in [1.54, 1.807) is 11.8 Å². The van der Waals surface area contributed by atoms with Gasteiger partial charge in [0.05, 0.1) is 18.3 Å². The zero-order chi connectivity index (χ0) is 28.4. The predicted octanol–water partition coefficient (Wildman–Crippen LogP) is 5.70. The summed E-state index contributed by atoms with van der Waals surface area (Å²) >= 11 is 1.60. The number of hydrogen-bond donors (Lipinski definition) is 3. The van der Waals surface area contributed by atoms with Crippen LogP contribution in [0.3, 0.4) is 0 Å². The Bertz CT molecular complexity index is 1390. The molecule has 2 aromatic rings. The first-order valence-corrected chi connectivity index (χ1v) is 14.7. The van der Waals surface area contributed by atoms with Crippen LogP contribution >= 0.6 is 11.8 Å². The molecule has 40 heavy (non-hydrogen) atoms. The van der Waals surface area contributed by atoms with Crippen molar-refractivity contribution < 1.29 is 33.6 Å². The summed E-state index contributed by atoms with van der Waals surface area (Å²) in [7, 11) is 1.28. The van der Waals surface area contributed by atoms with Gasteiger partial charge in [0.25, 0.3) is 5.91 Å². The van der Waals surface area contributed by atoms with Crippen LogP contribution in [0, 0.1) is 17.8 Å². The van der Waals surface area contributed by atoms with Crippen molar-refractivity contribution in [2.24, 2.45) is 17.8 Å². The summed E-state index contributed by atoms with van der Waals surface area (Å²) < 4.78 is 17.5. The number of ether oxygens (including phenoxy) is 3. The van der Waals surface area contributed by atoms with Crippen LogP contribution in [0.2, 0.25) is 0 Å². The van der Waals surface area contributed by atoms with Crippen molar-refractivity contribution in [3.63, 3.8) is 0 Å². The number of hydrogen-bond acceptors (Lipinski definition) is 9. The quantitative estimate of drug-likeness (QED) is 0.305. The minimum Gasteiger partial charge on any atom is -0.456 e. The summed E-state index contributed by atoms with van der Waals surface area (Å²) in [5.74, 6) is -0.361. The molecule has 5 aliphatic rings. The van der Waals surface area contributed by atoms with Crippen molar-refractivity contribution in [2.45, 2.75) is 88.1 Å². The second-order valence-electron chi connectivity index (χ2n) is 11.6. The second-order valence-corrected chi connectivity index (χ2v) is 13.3. The minimum absolute atomic E-state index is 0.0857. The Morgan fingerprint density at radius 2 is 2.00 bits per heavy atom. The van der Waals surface area contributed by atoms with Gasteiger partial charge < -0.3 is 24.5 Å². The summed E-state index contributed by atoms with van der Waals surface area (Å²) in [6.07, 6.45) is 2.04. The lowest BCUT2D eigenvalue weighted by Crippen LogP contribution is -2.67. The van der Waals surface area contributed by atoms with Gasteiger partial charge in [-0.1, -0.05) is 20.8 Å². The topological polar surface area (TPSA) is 133 Å². The van der Waals surface area contributed by atoms with Crippen LogP contribution in [0.5, 0.6) is 0 Å². The van der Waals surface area contributed by atoms with Gasteiger partial charge in [-0.15, -0.1) is 11.8 Å². The number of carbonyl (C=O) groups is 2. The molecule has 3 N–H and O–H groups in total. The maximum atomic E-state index is 14.0. The molecule has 7 rings (SSSR count). The molecule has 1 aromatic carbocycles. The zero-order valence-electron chi connectivity index (χ0n) is 23.6. The molecule has 2 bridgehead atoms. The first-order valence-electron chi connectivity index (χ1n) is 13.8. The van der Waals surface area contributed by atoms with Crippen molar-refractivity contribution in [1.29, 1.82) is 0 Å². The number of nitrogens with zero attached hydrogens (tertiary/aromatic N) is 1. The van der Waals surface area contributed by atoms with E-state index in [2.05, 4.69) is 41.4 Å². The molecule has 1 aromatic heterocycles. The summed E-state index contributed by atoms with van der Waals surface area (Å²) in [6, 6.07) is 3.79. The van der Waals surface area contributed by atoms with Gasteiger partial charge in [0.15, 0.2) is 11.4 Å². The van der Waals surface area contributed by atoms with Gasteiger partial charge in [0.1, 0.15) is 5.52 Å². The number of nitrogens with one attached hydrogen (secondary N) is 3. The van der Waals surface area contributed by atoms with E-state index in [-0.39, 0.29) is 34.7 Å². The van der Waals surface area contributed by atoms with E-state index in [1.807, 2.05) is 26.0 Å². The molecule has 1 saturated carbocycles. The maximum Gasteiger partial charge on any atom is 0.413 e. The Balaban J connectivity index is 1.38. The number of imidazole rings is 1. The van der Waals surface area contributed by atoms with Crippen molar-refractivity contribution in [1.82, 2.24) is 9.97 Å². The lowest BCUT2D eigenvalue weighted by molar-refractivity contribution is -0.555. The highest BCUT2D eigenvalue weighted by molar-refractivity contribution is 8.00. The third-order valence-electron chi connectivity index (χ3n) is 8.65. The highest BCUT2D eigenvalue weighted by atomic mass is 32.2. The number of benzene rings is 1. The van der Waals surface area contributed by atoms with Crippen LogP contribution in [0.1, 0.15) is 60.3 Å². The smallest absolute Gasteiger partial charge is 0.413 e. The number of thioether (sulfide) groups is 1. The van der Waals surface area contributed by atoms with Gasteiger partial charge in [-0.2, -0.15) is 0 Å². The van der Waals surface area contributed by atoms with E-state index in [0.29, 0.717) is 29.1 Å². The van der Waals surface area contributed by atoms with Crippen LogP contribution in [-0.2, 0) is 28.8 Å². The maximum absolute atomic E-state index is 14.0. The van der Waals surface area contributed by atoms with Gasteiger partial charge >= 0.3 is 6.09 Å². The molecular formula is C28H36N4O7S. The second kappa shape index (κ2) is 9.93. The fraction of sp³-hybridized carbons (Fsp3) is 0.607. The molecule has 12 heteroatoms. The summed E-state index contributed by atoms with van der Waals surface area (Å²) in [5, 5.41) is 5.89. The Morgan fingerprint density at radius 3 is 2.75 bits per heavy atom. The van der Waals surface area contributed by atoms with E-state index in [0.717, 1.165) is 29.7 Å². The van der Waals surface area contributed by atoms with Crippen LogP contribution in [0.4, 0.5) is 16.4 Å². The van der Waals surface area contributed by atoms with Crippen LogP contribution in [0.15, 0.2) is 28.4 Å². The van der Waals surface area contributed by atoms with Crippen molar-refractivity contribution in [3.8, 4) is 0 Å². The summed E-state index contributed by atoms with van der Waals surface area (Å²) in [4.78, 5) is 46.3. The SMILES string of the molecule is COC(=O)Nc1nc2c(NC(=O)C3=C(C)[C@@H]4CC[C@@H](C)[C@@H]5CCC6(C)OO[C@@]45C(O3)O6)c(SC(C)C)ccc2[nH]1. The molecule has 2 unspecified atom stereocenters. The number of methoxy groups -OCH3 is 1. The highest BCUT2D eigenvalue weighted by Gasteiger charge is 2.68. The molecule has 1 aliphatic carbocycles. The molecular weight excluding hydrogens is 536 g/mol. The zero-order valence-corrected chi connectivity index (χ0v) is 24.4. The standard InChI is InChI=1S/C28H36N4O7S/c1-13(2)40-19-10-9-18-20(31-25(29-18)32-26(34)35-6)21(19)30-23(33)22-15(4)17-8-7-14(3)16-11-12-27(5)37-24(36-22)28(16,17)39-38-27/h9-10,13-14,16-17,24H,7-8,11-12H2,1-6H3,(H,30,33)(H2,29,31,32,34)/t14-,16+,17+,24?,27?,28-/m1/s1.